The van der Waals surface area contributed by atoms with Crippen LogP contribution in [0.5, 0.6) is 0 Å². The van der Waals surface area contributed by atoms with Gasteiger partial charge in [0.05, 0.1) is 17.3 Å². The Hall–Kier alpha value is -1.90. The van der Waals surface area contributed by atoms with Crippen LogP contribution in [0.3, 0.4) is 0 Å². The van der Waals surface area contributed by atoms with Crippen LogP contribution >= 0.6 is 0 Å². The monoisotopic (exact) mass is 412 g/mol. The zero-order chi connectivity index (χ0) is 20.8. The largest absolute Gasteiger partial charge is 0.393 e. The predicted molar refractivity (Wildman–Crippen MR) is 124 cm³/mol. The molecule has 1 N–H and O–H groups in total. The molecular weight excluding hydrogens is 380 g/mol. The summed E-state index contributed by atoms with van der Waals surface area (Å²) in [7, 11) is 0. The molecule has 2 spiro atoms. The lowest BCUT2D eigenvalue weighted by atomic mass is 9.58. The van der Waals surface area contributed by atoms with Crippen molar-refractivity contribution in [2.75, 3.05) is 0 Å². The molecule has 2 heteroatoms. The average Bonchev–Trinajstić information content (AvgIpc) is 3.28. The summed E-state index contributed by atoms with van der Waals surface area (Å²) >= 11 is 0. The molecule has 1 saturated heterocycles. The van der Waals surface area contributed by atoms with Crippen molar-refractivity contribution in [2.24, 2.45) is 11.3 Å². The Balaban J connectivity index is 1.31. The Morgan fingerprint density at radius 2 is 1.87 bits per heavy atom. The van der Waals surface area contributed by atoms with Crippen LogP contribution in [0.4, 0.5) is 0 Å². The van der Waals surface area contributed by atoms with E-state index < -0.39 is 0 Å². The van der Waals surface area contributed by atoms with Crippen LogP contribution in [-0.4, -0.2) is 22.4 Å². The molecule has 0 aromatic heterocycles. The third-order valence-corrected chi connectivity index (χ3v) is 9.83. The normalized spacial score (nSPS) is 43.1. The molecule has 2 saturated carbocycles. The van der Waals surface area contributed by atoms with Crippen LogP contribution in [0.2, 0.25) is 0 Å². The topological polar surface area (TPSA) is 29.5 Å². The molecule has 5 aliphatic rings. The lowest BCUT2D eigenvalue weighted by Crippen LogP contribution is -2.54. The van der Waals surface area contributed by atoms with Crippen LogP contribution in [0.1, 0.15) is 69.8 Å². The highest BCUT2D eigenvalue weighted by Crippen LogP contribution is 2.69. The Labute approximate surface area is 185 Å². The van der Waals surface area contributed by atoms with E-state index in [0.29, 0.717) is 11.8 Å². The Bertz CT molecular complexity index is 1140. The fourth-order valence-corrected chi connectivity index (χ4v) is 8.35. The van der Waals surface area contributed by atoms with Gasteiger partial charge in [-0.25, -0.2) is 0 Å². The zero-order valence-electron chi connectivity index (χ0n) is 18.4. The van der Waals surface area contributed by atoms with Gasteiger partial charge in [-0.3, -0.25) is 0 Å². The average molecular weight is 413 g/mol. The molecule has 6 atom stereocenters. The fraction of sp³-hybridized carbons (Fsp3) is 0.517. The number of allylic oxidation sites excluding steroid dienone is 1. The first-order valence-corrected chi connectivity index (χ1v) is 12.3. The molecule has 3 aliphatic carbocycles. The summed E-state index contributed by atoms with van der Waals surface area (Å²) in [5.41, 5.74) is 4.35. The summed E-state index contributed by atoms with van der Waals surface area (Å²) in [5, 5.41) is 13.1. The minimum absolute atomic E-state index is 0.126. The Morgan fingerprint density at radius 1 is 1.00 bits per heavy atom. The zero-order valence-corrected chi connectivity index (χ0v) is 18.4. The molecule has 0 unspecified atom stereocenters. The van der Waals surface area contributed by atoms with Gasteiger partial charge in [0.1, 0.15) is 0 Å². The first kappa shape index (κ1) is 18.7. The van der Waals surface area contributed by atoms with E-state index in [9.17, 15) is 5.11 Å². The molecule has 31 heavy (non-hydrogen) atoms. The molecule has 3 fully saturated rings. The second kappa shape index (κ2) is 6.11. The quantitative estimate of drug-likeness (QED) is 0.584. The lowest BCUT2D eigenvalue weighted by Gasteiger charge is -2.54. The SMILES string of the molecule is C[C@]12CC=C3C=C4CC[C@@H](O)C[C@]45CC[C@]3(O5)[C@@H]1CC[C@@H]2c1ccc2ccccc2c1. The van der Waals surface area contributed by atoms with Gasteiger partial charge < -0.3 is 9.84 Å². The van der Waals surface area contributed by atoms with Crippen molar-refractivity contribution in [1.29, 1.82) is 0 Å². The van der Waals surface area contributed by atoms with Crippen LogP contribution in [-0.2, 0) is 4.74 Å². The molecule has 0 radical (unpaired) electrons. The van der Waals surface area contributed by atoms with E-state index in [1.54, 1.807) is 0 Å². The van der Waals surface area contributed by atoms with Crippen molar-refractivity contribution in [3.05, 3.63) is 71.3 Å². The van der Waals surface area contributed by atoms with Crippen molar-refractivity contribution in [3.63, 3.8) is 0 Å². The number of fused-ring (bicyclic) bond motifs is 2. The van der Waals surface area contributed by atoms with E-state index >= 15 is 0 Å². The Kier molecular flexibility index (Phi) is 3.68. The molecule has 160 valence electrons. The maximum atomic E-state index is 10.5. The third-order valence-electron chi connectivity index (χ3n) is 9.83. The fourth-order valence-electron chi connectivity index (χ4n) is 8.35. The molecule has 0 amide bonds. The summed E-state index contributed by atoms with van der Waals surface area (Å²) < 4.78 is 7.19. The van der Waals surface area contributed by atoms with E-state index in [-0.39, 0.29) is 22.7 Å². The second-order valence-corrected chi connectivity index (χ2v) is 11.2. The van der Waals surface area contributed by atoms with Gasteiger partial charge in [-0.05, 0) is 89.7 Å². The van der Waals surface area contributed by atoms with Crippen molar-refractivity contribution in [2.45, 2.75) is 81.5 Å². The maximum absolute atomic E-state index is 10.5. The van der Waals surface area contributed by atoms with E-state index in [1.165, 1.54) is 40.3 Å². The van der Waals surface area contributed by atoms with Gasteiger partial charge in [0.2, 0.25) is 0 Å². The van der Waals surface area contributed by atoms with Crippen molar-refractivity contribution >= 4 is 10.8 Å². The number of rotatable bonds is 1. The van der Waals surface area contributed by atoms with Crippen LogP contribution in [0.15, 0.2) is 65.8 Å². The van der Waals surface area contributed by atoms with E-state index in [4.69, 9.17) is 4.74 Å². The summed E-state index contributed by atoms with van der Waals surface area (Å²) in [5.74, 6) is 1.14. The van der Waals surface area contributed by atoms with Gasteiger partial charge in [-0.1, -0.05) is 61.5 Å². The smallest absolute Gasteiger partial charge is 0.0974 e. The highest BCUT2D eigenvalue weighted by molar-refractivity contribution is 5.83. The lowest BCUT2D eigenvalue weighted by molar-refractivity contribution is -0.144. The molecule has 2 aromatic rings. The minimum Gasteiger partial charge on any atom is -0.393 e. The van der Waals surface area contributed by atoms with E-state index in [2.05, 4.69) is 61.5 Å². The number of hydrogen-bond acceptors (Lipinski definition) is 2. The van der Waals surface area contributed by atoms with Gasteiger partial charge in [0, 0.05) is 6.42 Å². The molecular formula is C29H32O2. The van der Waals surface area contributed by atoms with Gasteiger partial charge in [0.15, 0.2) is 0 Å². The molecule has 2 aliphatic heterocycles. The summed E-state index contributed by atoms with van der Waals surface area (Å²) in [6.45, 7) is 2.54. The van der Waals surface area contributed by atoms with E-state index in [1.807, 2.05) is 0 Å². The predicted octanol–water partition coefficient (Wildman–Crippen LogP) is 6.44. The molecule has 2 aromatic carbocycles. The number of hydrogen-bond donors (Lipinski definition) is 1. The van der Waals surface area contributed by atoms with Gasteiger partial charge in [-0.15, -0.1) is 0 Å². The molecule has 2 nitrogen and oxygen atoms in total. The summed E-state index contributed by atoms with van der Waals surface area (Å²) in [4.78, 5) is 0. The van der Waals surface area contributed by atoms with Gasteiger partial charge >= 0.3 is 0 Å². The number of ether oxygens (including phenoxy) is 1. The first-order chi connectivity index (χ1) is 15.0. The van der Waals surface area contributed by atoms with Crippen LogP contribution < -0.4 is 0 Å². The van der Waals surface area contributed by atoms with E-state index in [0.717, 1.165) is 38.5 Å². The summed E-state index contributed by atoms with van der Waals surface area (Å²) in [6.07, 6.45) is 13.4. The Morgan fingerprint density at radius 3 is 2.77 bits per heavy atom. The molecule has 2 heterocycles. The highest BCUT2D eigenvalue weighted by atomic mass is 16.5. The first-order valence-electron chi connectivity index (χ1n) is 12.3. The van der Waals surface area contributed by atoms with Crippen molar-refractivity contribution in [1.82, 2.24) is 0 Å². The third kappa shape index (κ3) is 2.36. The number of aliphatic hydroxyl groups is 1. The van der Waals surface area contributed by atoms with Crippen molar-refractivity contribution < 1.29 is 9.84 Å². The second-order valence-electron chi connectivity index (χ2n) is 11.2. The standard InChI is InChI=1S/C29H32O2/c1-27-13-12-23-17-22-8-9-24(30)18-28(22)14-15-29(23,31-28)26(27)11-10-25(27)21-7-6-19-4-2-3-5-20(19)16-21/h2-7,12,16-17,24-26,30H,8-11,13-15,18H2,1H3/t24-,25-,26-,27-,28-,29-/m1/s1. The molecule has 7 rings (SSSR count). The maximum Gasteiger partial charge on any atom is 0.0974 e. The number of aliphatic hydroxyl groups excluding tert-OH is 1. The summed E-state index contributed by atoms with van der Waals surface area (Å²) in [6, 6.07) is 15.9. The van der Waals surface area contributed by atoms with Gasteiger partial charge in [-0.2, -0.15) is 0 Å². The highest BCUT2D eigenvalue weighted by Gasteiger charge is 2.66. The molecule has 2 bridgehead atoms. The van der Waals surface area contributed by atoms with Gasteiger partial charge in [0.25, 0.3) is 0 Å². The number of benzene rings is 2. The van der Waals surface area contributed by atoms with Crippen molar-refractivity contribution in [3.8, 4) is 0 Å². The minimum atomic E-state index is -0.207. The van der Waals surface area contributed by atoms with Crippen LogP contribution in [0, 0.1) is 11.3 Å². The van der Waals surface area contributed by atoms with Crippen LogP contribution in [0.25, 0.3) is 10.8 Å².